The van der Waals surface area contributed by atoms with Crippen molar-refractivity contribution in [2.24, 2.45) is 0 Å². The van der Waals surface area contributed by atoms with E-state index >= 15 is 0 Å². The zero-order valence-corrected chi connectivity index (χ0v) is 11.0. The summed E-state index contributed by atoms with van der Waals surface area (Å²) in [7, 11) is 0. The van der Waals surface area contributed by atoms with Crippen molar-refractivity contribution in [3.63, 3.8) is 0 Å². The van der Waals surface area contributed by atoms with Gasteiger partial charge in [-0.3, -0.25) is 4.79 Å². The number of H-pyrrole nitrogens is 1. The molecule has 0 saturated heterocycles. The van der Waals surface area contributed by atoms with Crippen LogP contribution in [-0.4, -0.2) is 20.6 Å². The maximum Gasteiger partial charge on any atom is 0.352 e. The Hall–Kier alpha value is -1.90. The van der Waals surface area contributed by atoms with Crippen LogP contribution >= 0.6 is 22.6 Å². The van der Waals surface area contributed by atoms with Gasteiger partial charge in [-0.05, 0) is 46.9 Å². The molecule has 0 radical (unpaired) electrons. The van der Waals surface area contributed by atoms with Crippen LogP contribution in [0.4, 0.5) is 0 Å². The quantitative estimate of drug-likeness (QED) is 0.778. The molecule has 92 valence electrons. The van der Waals surface area contributed by atoms with Crippen molar-refractivity contribution < 1.29 is 9.90 Å². The number of carboxylic acid groups (broad SMARTS) is 1. The Bertz CT molecular complexity index is 684. The summed E-state index contributed by atoms with van der Waals surface area (Å²) in [5.41, 5.74) is -1.50. The van der Waals surface area contributed by atoms with E-state index in [1.54, 1.807) is 24.3 Å². The van der Waals surface area contributed by atoms with Gasteiger partial charge in [-0.2, -0.15) is 0 Å². The van der Waals surface area contributed by atoms with Crippen LogP contribution in [0.15, 0.2) is 39.9 Å². The van der Waals surface area contributed by atoms with Gasteiger partial charge in [0.1, 0.15) is 5.69 Å². The fraction of sp³-hybridized carbons (Fsp3) is 0. The molecule has 0 aliphatic rings. The molecule has 1 aromatic heterocycles. The van der Waals surface area contributed by atoms with E-state index in [9.17, 15) is 14.4 Å². The Balaban J connectivity index is 2.66. The molecule has 2 N–H and O–H groups in total. The number of hydrogen-bond acceptors (Lipinski definition) is 3. The standard InChI is InChI=1S/C11H7IN2O4/c12-6-1-3-7(4-2-6)14-9(15)5-8(10(16)17)13-11(14)18/h1-5H,(H,13,18)(H,16,17). The summed E-state index contributed by atoms with van der Waals surface area (Å²) in [6.07, 6.45) is 0. The lowest BCUT2D eigenvalue weighted by molar-refractivity contribution is 0.0689. The highest BCUT2D eigenvalue weighted by atomic mass is 127. The maximum absolute atomic E-state index is 11.7. The molecule has 1 heterocycles. The minimum atomic E-state index is -1.35. The number of aromatic carboxylic acids is 1. The van der Waals surface area contributed by atoms with E-state index < -0.39 is 22.9 Å². The summed E-state index contributed by atoms with van der Waals surface area (Å²) in [5.74, 6) is -1.35. The molecule has 0 aliphatic heterocycles. The average molecular weight is 358 g/mol. The zero-order valence-electron chi connectivity index (χ0n) is 8.88. The van der Waals surface area contributed by atoms with Crippen molar-refractivity contribution in [1.82, 2.24) is 9.55 Å². The number of halogens is 1. The molecule has 7 heteroatoms. The number of aromatic nitrogens is 2. The second-order valence-electron chi connectivity index (χ2n) is 3.44. The highest BCUT2D eigenvalue weighted by Gasteiger charge is 2.10. The number of nitrogens with one attached hydrogen (secondary N) is 1. The van der Waals surface area contributed by atoms with Crippen LogP contribution in [0.3, 0.4) is 0 Å². The van der Waals surface area contributed by atoms with Crippen LogP contribution in [-0.2, 0) is 0 Å². The van der Waals surface area contributed by atoms with Gasteiger partial charge in [0.2, 0.25) is 0 Å². The van der Waals surface area contributed by atoms with E-state index in [0.29, 0.717) is 5.69 Å². The van der Waals surface area contributed by atoms with E-state index in [1.807, 2.05) is 0 Å². The van der Waals surface area contributed by atoms with Crippen molar-refractivity contribution in [3.8, 4) is 5.69 Å². The lowest BCUT2D eigenvalue weighted by Crippen LogP contribution is -2.34. The van der Waals surface area contributed by atoms with Crippen LogP contribution in [0.5, 0.6) is 0 Å². The molecule has 0 aliphatic carbocycles. The van der Waals surface area contributed by atoms with Crippen LogP contribution in [0, 0.1) is 3.57 Å². The normalized spacial score (nSPS) is 10.3. The number of carbonyl (C=O) groups is 1. The number of hydrogen-bond donors (Lipinski definition) is 2. The molecule has 18 heavy (non-hydrogen) atoms. The van der Waals surface area contributed by atoms with Gasteiger partial charge in [0.15, 0.2) is 0 Å². The van der Waals surface area contributed by atoms with E-state index in [0.717, 1.165) is 14.2 Å². The summed E-state index contributed by atoms with van der Waals surface area (Å²) in [4.78, 5) is 36.2. The Labute approximate surface area is 114 Å². The summed E-state index contributed by atoms with van der Waals surface area (Å²) in [6, 6.07) is 7.58. The first-order valence-electron chi connectivity index (χ1n) is 4.84. The van der Waals surface area contributed by atoms with Gasteiger partial charge in [0.25, 0.3) is 5.56 Å². The number of benzene rings is 1. The largest absolute Gasteiger partial charge is 0.477 e. The van der Waals surface area contributed by atoms with E-state index in [4.69, 9.17) is 5.11 Å². The molecule has 0 spiro atoms. The highest BCUT2D eigenvalue weighted by molar-refractivity contribution is 14.1. The molecule has 1 aromatic carbocycles. The number of rotatable bonds is 2. The molecule has 0 fully saturated rings. The van der Waals surface area contributed by atoms with Gasteiger partial charge < -0.3 is 10.1 Å². The summed E-state index contributed by atoms with van der Waals surface area (Å²) >= 11 is 2.10. The monoisotopic (exact) mass is 358 g/mol. The van der Waals surface area contributed by atoms with Crippen molar-refractivity contribution in [3.05, 3.63) is 60.4 Å². The van der Waals surface area contributed by atoms with Gasteiger partial charge in [0.05, 0.1) is 5.69 Å². The predicted molar refractivity (Wildman–Crippen MR) is 72.3 cm³/mol. The van der Waals surface area contributed by atoms with Gasteiger partial charge in [-0.15, -0.1) is 0 Å². The van der Waals surface area contributed by atoms with Crippen molar-refractivity contribution in [2.75, 3.05) is 0 Å². The van der Waals surface area contributed by atoms with Gasteiger partial charge in [-0.1, -0.05) is 0 Å². The molecule has 0 bridgehead atoms. The van der Waals surface area contributed by atoms with Crippen LogP contribution in [0.1, 0.15) is 10.5 Å². The highest BCUT2D eigenvalue weighted by Crippen LogP contribution is 2.08. The number of nitrogens with zero attached hydrogens (tertiary/aromatic N) is 1. The smallest absolute Gasteiger partial charge is 0.352 e. The summed E-state index contributed by atoms with van der Waals surface area (Å²) < 4.78 is 1.84. The number of aromatic amines is 1. The fourth-order valence-electron chi connectivity index (χ4n) is 1.45. The molecule has 2 aromatic rings. The third kappa shape index (κ3) is 2.35. The minimum Gasteiger partial charge on any atom is -0.477 e. The van der Waals surface area contributed by atoms with E-state index in [1.165, 1.54) is 0 Å². The average Bonchev–Trinajstić information content (AvgIpc) is 2.30. The van der Waals surface area contributed by atoms with Crippen molar-refractivity contribution >= 4 is 28.6 Å². The van der Waals surface area contributed by atoms with Crippen molar-refractivity contribution in [2.45, 2.75) is 0 Å². The topological polar surface area (TPSA) is 92.2 Å². The van der Waals surface area contributed by atoms with Crippen molar-refractivity contribution in [1.29, 1.82) is 0 Å². The zero-order chi connectivity index (χ0) is 13.3. The summed E-state index contributed by atoms with van der Waals surface area (Å²) in [5, 5.41) is 8.71. The first kappa shape index (κ1) is 12.6. The van der Waals surface area contributed by atoms with E-state index in [-0.39, 0.29) is 0 Å². The molecule has 0 atom stereocenters. The number of carboxylic acids is 1. The molecule has 0 unspecified atom stereocenters. The Morgan fingerprint density at radius 1 is 1.22 bits per heavy atom. The van der Waals surface area contributed by atoms with E-state index in [2.05, 4.69) is 27.6 Å². The van der Waals surface area contributed by atoms with Crippen LogP contribution in [0.2, 0.25) is 0 Å². The van der Waals surface area contributed by atoms with Gasteiger partial charge >= 0.3 is 11.7 Å². The lowest BCUT2D eigenvalue weighted by Gasteiger charge is -2.04. The molecular formula is C11H7IN2O4. The molecule has 2 rings (SSSR count). The summed E-state index contributed by atoms with van der Waals surface area (Å²) in [6.45, 7) is 0. The molecular weight excluding hydrogens is 351 g/mol. The molecule has 0 saturated carbocycles. The molecule has 6 nitrogen and oxygen atoms in total. The first-order valence-corrected chi connectivity index (χ1v) is 5.92. The minimum absolute atomic E-state index is 0.388. The van der Waals surface area contributed by atoms with Crippen LogP contribution in [0.25, 0.3) is 5.69 Å². The SMILES string of the molecule is O=C(O)c1cc(=O)n(-c2ccc(I)cc2)c(=O)[nH]1. The maximum atomic E-state index is 11.7. The Morgan fingerprint density at radius 2 is 1.83 bits per heavy atom. The van der Waals surface area contributed by atoms with Gasteiger partial charge in [-0.25, -0.2) is 14.2 Å². The second-order valence-corrected chi connectivity index (χ2v) is 4.69. The first-order chi connectivity index (χ1) is 8.49. The van der Waals surface area contributed by atoms with Crippen LogP contribution < -0.4 is 11.2 Å². The predicted octanol–water partition coefficient (Wildman–Crippen LogP) is 0.829. The second kappa shape index (κ2) is 4.77. The lowest BCUT2D eigenvalue weighted by atomic mass is 10.3. The Morgan fingerprint density at radius 3 is 2.33 bits per heavy atom. The molecule has 0 amide bonds. The Kier molecular flexibility index (Phi) is 3.32. The third-order valence-corrected chi connectivity index (χ3v) is 2.97. The fourth-order valence-corrected chi connectivity index (χ4v) is 1.80. The van der Waals surface area contributed by atoms with Gasteiger partial charge in [0, 0.05) is 9.64 Å². The third-order valence-electron chi connectivity index (χ3n) is 2.25.